The van der Waals surface area contributed by atoms with E-state index in [1.165, 1.54) is 23.9 Å². The van der Waals surface area contributed by atoms with E-state index in [-0.39, 0.29) is 11.5 Å². The number of amidine groups is 1. The van der Waals surface area contributed by atoms with E-state index in [4.69, 9.17) is 16.4 Å². The van der Waals surface area contributed by atoms with Gasteiger partial charge in [0, 0.05) is 10.6 Å². The van der Waals surface area contributed by atoms with Crippen LogP contribution < -0.4 is 11.2 Å². The number of nitrogens with zero attached hydrogens (tertiary/aromatic N) is 2. The number of hydrogen-bond acceptors (Lipinski definition) is 5. The maximum absolute atomic E-state index is 13.2. The van der Waals surface area contributed by atoms with Gasteiger partial charge >= 0.3 is 0 Å². The molecule has 0 unspecified atom stereocenters. The third-order valence-electron chi connectivity index (χ3n) is 2.82. The Bertz CT molecular complexity index is 782. The van der Waals surface area contributed by atoms with Gasteiger partial charge in [0.15, 0.2) is 5.84 Å². The fourth-order valence-electron chi connectivity index (χ4n) is 1.73. The molecule has 0 aliphatic rings. The number of rotatable bonds is 6. The Hall–Kier alpha value is -2.85. The van der Waals surface area contributed by atoms with E-state index < -0.39 is 5.84 Å². The predicted molar refractivity (Wildman–Crippen MR) is 91.0 cm³/mol. The molecule has 0 saturated heterocycles. The molecule has 0 atom stereocenters. The molecule has 2 rings (SSSR count). The number of nitriles is 1. The van der Waals surface area contributed by atoms with E-state index in [1.807, 2.05) is 24.3 Å². The van der Waals surface area contributed by atoms with Crippen LogP contribution in [0.5, 0.6) is 0 Å². The molecule has 4 N–H and O–H groups in total. The lowest BCUT2D eigenvalue weighted by Gasteiger charge is -2.09. The zero-order chi connectivity index (χ0) is 16.7. The second-order valence-corrected chi connectivity index (χ2v) is 5.53. The maximum atomic E-state index is 13.2. The molecule has 0 heterocycles. The Balaban J connectivity index is 2.12. The number of halogens is 1. The summed E-state index contributed by atoms with van der Waals surface area (Å²) < 4.78 is 13.2. The molecule has 2 aromatic carbocycles. The van der Waals surface area contributed by atoms with Crippen molar-refractivity contribution >= 4 is 29.0 Å². The molecule has 0 aliphatic heterocycles. The third kappa shape index (κ3) is 4.83. The predicted octanol–water partition coefficient (Wildman–Crippen LogP) is 3.35. The second-order valence-electron chi connectivity index (χ2n) is 4.51. The van der Waals surface area contributed by atoms with Crippen molar-refractivity contribution < 1.29 is 4.39 Å². The van der Waals surface area contributed by atoms with Crippen molar-refractivity contribution in [2.75, 3.05) is 5.43 Å². The molecule has 5 nitrogen and oxygen atoms in total. The van der Waals surface area contributed by atoms with E-state index in [2.05, 4.69) is 10.5 Å². The molecule has 0 saturated carbocycles. The number of hydrogen-bond donors (Lipinski definition) is 3. The largest absolute Gasteiger partial charge is 0.382 e. The Labute approximate surface area is 137 Å². The zero-order valence-corrected chi connectivity index (χ0v) is 12.9. The third-order valence-corrected chi connectivity index (χ3v) is 3.96. The van der Waals surface area contributed by atoms with Gasteiger partial charge in [-0.1, -0.05) is 24.3 Å². The summed E-state index contributed by atoms with van der Waals surface area (Å²) in [5.41, 5.74) is 9.36. The van der Waals surface area contributed by atoms with Crippen molar-refractivity contribution in [3.05, 3.63) is 59.9 Å². The Morgan fingerprint density at radius 2 is 2.09 bits per heavy atom. The highest BCUT2D eigenvalue weighted by molar-refractivity contribution is 7.98. The van der Waals surface area contributed by atoms with Gasteiger partial charge in [-0.3, -0.25) is 10.8 Å². The summed E-state index contributed by atoms with van der Waals surface area (Å²) in [5, 5.41) is 19.9. The lowest BCUT2D eigenvalue weighted by molar-refractivity contribution is 0.626. The molecule has 0 bridgehead atoms. The van der Waals surface area contributed by atoms with Gasteiger partial charge in [-0.25, -0.2) is 4.39 Å². The van der Waals surface area contributed by atoms with Gasteiger partial charge in [0.25, 0.3) is 0 Å². The van der Waals surface area contributed by atoms with E-state index in [9.17, 15) is 4.39 Å². The molecule has 0 radical (unpaired) electrons. The molecule has 0 aromatic heterocycles. The maximum Gasteiger partial charge on any atom is 0.201 e. The molecule has 7 heteroatoms. The average molecular weight is 327 g/mol. The lowest BCUT2D eigenvalue weighted by Crippen LogP contribution is -2.21. The van der Waals surface area contributed by atoms with Gasteiger partial charge in [0.2, 0.25) is 5.71 Å². The van der Waals surface area contributed by atoms with Crippen LogP contribution in [0.15, 0.2) is 58.5 Å². The number of anilines is 1. The van der Waals surface area contributed by atoms with Gasteiger partial charge in [-0.15, -0.1) is 11.8 Å². The smallest absolute Gasteiger partial charge is 0.201 e. The average Bonchev–Trinajstić information content (AvgIpc) is 2.54. The number of hydrazone groups is 1. The fourth-order valence-corrected chi connectivity index (χ4v) is 2.68. The fraction of sp³-hybridized carbons (Fsp3) is 0.0625. The summed E-state index contributed by atoms with van der Waals surface area (Å²) in [7, 11) is 0. The Morgan fingerprint density at radius 1 is 1.30 bits per heavy atom. The van der Waals surface area contributed by atoms with Crippen LogP contribution in [0.25, 0.3) is 0 Å². The zero-order valence-electron chi connectivity index (χ0n) is 12.1. The highest BCUT2D eigenvalue weighted by Crippen LogP contribution is 2.29. The summed E-state index contributed by atoms with van der Waals surface area (Å²) in [6.45, 7) is 0. The van der Waals surface area contributed by atoms with Gasteiger partial charge < -0.3 is 5.73 Å². The van der Waals surface area contributed by atoms with Gasteiger partial charge in [0.1, 0.15) is 11.9 Å². The number of nitrogens with one attached hydrogen (secondary N) is 2. The molecule has 2 aromatic rings. The topological polar surface area (TPSA) is 98.0 Å². The van der Waals surface area contributed by atoms with Crippen molar-refractivity contribution in [3.8, 4) is 6.07 Å². The number of thioether (sulfide) groups is 1. The number of nitrogens with two attached hydrogens (primary N) is 1. The van der Waals surface area contributed by atoms with Crippen LogP contribution in [0.3, 0.4) is 0 Å². The first kappa shape index (κ1) is 16.5. The minimum absolute atomic E-state index is 0.185. The SMILES string of the molecule is N#C/C(=N\Nc1ccccc1SCc1cccc(F)c1)C(=N)N. The Morgan fingerprint density at radius 3 is 2.78 bits per heavy atom. The van der Waals surface area contributed by atoms with E-state index in [1.54, 1.807) is 18.2 Å². The molecular formula is C16H14FN5S. The van der Waals surface area contributed by atoms with Crippen molar-refractivity contribution in [3.63, 3.8) is 0 Å². The molecule has 0 amide bonds. The van der Waals surface area contributed by atoms with Crippen LogP contribution in [0.4, 0.5) is 10.1 Å². The van der Waals surface area contributed by atoms with E-state index in [0.29, 0.717) is 11.4 Å². The minimum atomic E-state index is -0.398. The normalized spacial score (nSPS) is 10.9. The second kappa shape index (κ2) is 7.96. The molecular weight excluding hydrogens is 313 g/mol. The number of benzene rings is 2. The first-order chi connectivity index (χ1) is 11.1. The standard InChI is InChI=1S/C16H14FN5S/c17-12-5-3-4-11(8-12)10-23-15-7-2-1-6-13(15)21-22-14(9-18)16(19)20/h1-8,21H,10H2,(H3,19,20)/b22-14+. The highest BCUT2D eigenvalue weighted by atomic mass is 32.2. The van der Waals surface area contributed by atoms with Crippen molar-refractivity contribution in [1.29, 1.82) is 10.7 Å². The minimum Gasteiger partial charge on any atom is -0.382 e. The van der Waals surface area contributed by atoms with Gasteiger partial charge in [0.05, 0.1) is 5.69 Å². The molecule has 116 valence electrons. The van der Waals surface area contributed by atoms with Crippen molar-refractivity contribution in [1.82, 2.24) is 0 Å². The molecule has 0 aliphatic carbocycles. The van der Waals surface area contributed by atoms with E-state index >= 15 is 0 Å². The Kier molecular flexibility index (Phi) is 5.72. The monoisotopic (exact) mass is 327 g/mol. The van der Waals surface area contributed by atoms with Crippen LogP contribution >= 0.6 is 11.8 Å². The summed E-state index contributed by atoms with van der Waals surface area (Å²) in [5.74, 6) is -0.0676. The summed E-state index contributed by atoms with van der Waals surface area (Å²) >= 11 is 1.51. The van der Waals surface area contributed by atoms with Crippen LogP contribution in [0.2, 0.25) is 0 Å². The van der Waals surface area contributed by atoms with E-state index in [0.717, 1.165) is 10.5 Å². The van der Waals surface area contributed by atoms with Crippen LogP contribution in [-0.4, -0.2) is 11.5 Å². The summed E-state index contributed by atoms with van der Waals surface area (Å²) in [6, 6.07) is 15.6. The molecule has 23 heavy (non-hydrogen) atoms. The highest BCUT2D eigenvalue weighted by Gasteiger charge is 2.05. The van der Waals surface area contributed by atoms with Crippen molar-refractivity contribution in [2.45, 2.75) is 10.6 Å². The van der Waals surface area contributed by atoms with Crippen LogP contribution in [0.1, 0.15) is 5.56 Å². The van der Waals surface area contributed by atoms with Crippen molar-refractivity contribution in [2.24, 2.45) is 10.8 Å². The molecule has 0 spiro atoms. The van der Waals surface area contributed by atoms with Crippen LogP contribution in [0, 0.1) is 22.6 Å². The first-order valence-electron chi connectivity index (χ1n) is 6.64. The quantitative estimate of drug-likeness (QED) is 0.328. The lowest BCUT2D eigenvalue weighted by atomic mass is 10.2. The first-order valence-corrected chi connectivity index (χ1v) is 7.63. The molecule has 0 fully saturated rings. The number of para-hydroxylation sites is 1. The van der Waals surface area contributed by atoms with Crippen LogP contribution in [-0.2, 0) is 5.75 Å². The summed E-state index contributed by atoms with van der Waals surface area (Å²) in [6.07, 6.45) is 0. The van der Waals surface area contributed by atoms with Gasteiger partial charge in [-0.05, 0) is 29.8 Å². The van der Waals surface area contributed by atoms with Gasteiger partial charge in [-0.2, -0.15) is 10.4 Å². The summed E-state index contributed by atoms with van der Waals surface area (Å²) in [4.78, 5) is 0.890.